The first kappa shape index (κ1) is 15.1. The lowest BCUT2D eigenvalue weighted by Gasteiger charge is -2.19. The highest BCUT2D eigenvalue weighted by Crippen LogP contribution is 2.49. The van der Waals surface area contributed by atoms with E-state index in [1.807, 2.05) is 0 Å². The predicted molar refractivity (Wildman–Crippen MR) is 83.4 cm³/mol. The van der Waals surface area contributed by atoms with Crippen molar-refractivity contribution in [2.24, 2.45) is 0 Å². The van der Waals surface area contributed by atoms with Gasteiger partial charge in [-0.05, 0) is 43.4 Å². The van der Waals surface area contributed by atoms with Crippen molar-refractivity contribution in [3.05, 3.63) is 52.0 Å². The number of aliphatic carboxylic acids is 1. The Bertz CT molecular complexity index is 849. The molecule has 6 nitrogen and oxygen atoms in total. The summed E-state index contributed by atoms with van der Waals surface area (Å²) in [5, 5.41) is 13.7. The molecule has 1 unspecified atom stereocenters. The average Bonchev–Trinajstić information content (AvgIpc) is 3.27. The van der Waals surface area contributed by atoms with Crippen LogP contribution in [0.25, 0.3) is 0 Å². The Morgan fingerprint density at radius 3 is 2.67 bits per heavy atom. The first-order chi connectivity index (χ1) is 11.5. The molecular weight excluding hydrogens is 313 g/mol. The number of carboxylic acids is 1. The van der Waals surface area contributed by atoms with E-state index in [0.717, 1.165) is 24.8 Å². The predicted octanol–water partition coefficient (Wildman–Crippen LogP) is 1.88. The van der Waals surface area contributed by atoms with Crippen LogP contribution in [0, 0.1) is 5.82 Å². The van der Waals surface area contributed by atoms with Crippen molar-refractivity contribution < 1.29 is 14.3 Å². The van der Waals surface area contributed by atoms with Crippen LogP contribution in [0.15, 0.2) is 29.1 Å². The number of halogens is 1. The van der Waals surface area contributed by atoms with E-state index >= 15 is 0 Å². The fraction of sp³-hybridized carbons (Fsp3) is 0.471. The summed E-state index contributed by atoms with van der Waals surface area (Å²) in [5.41, 5.74) is 0.447. The van der Waals surface area contributed by atoms with Gasteiger partial charge in [0.2, 0.25) is 0 Å². The Balaban J connectivity index is 1.68. The summed E-state index contributed by atoms with van der Waals surface area (Å²) in [6, 6.07) is 5.54. The zero-order valence-corrected chi connectivity index (χ0v) is 13.1. The molecule has 1 saturated carbocycles. The van der Waals surface area contributed by atoms with Crippen LogP contribution in [-0.4, -0.2) is 25.4 Å². The van der Waals surface area contributed by atoms with Crippen LogP contribution < -0.4 is 5.69 Å². The molecule has 24 heavy (non-hydrogen) atoms. The molecule has 126 valence electrons. The van der Waals surface area contributed by atoms with Gasteiger partial charge in [0.15, 0.2) is 0 Å². The molecule has 1 N–H and O–H groups in total. The molecule has 1 aromatic heterocycles. The summed E-state index contributed by atoms with van der Waals surface area (Å²) in [5.74, 6) is -0.723. The van der Waals surface area contributed by atoms with Gasteiger partial charge < -0.3 is 5.11 Å². The second-order valence-corrected chi connectivity index (χ2v) is 6.76. The van der Waals surface area contributed by atoms with Crippen LogP contribution in [0.5, 0.6) is 0 Å². The summed E-state index contributed by atoms with van der Waals surface area (Å²) in [6.07, 6.45) is 3.62. The van der Waals surface area contributed by atoms with Gasteiger partial charge in [0.25, 0.3) is 0 Å². The maximum atomic E-state index is 13.1. The maximum absolute atomic E-state index is 13.1. The lowest BCUT2D eigenvalue weighted by molar-refractivity contribution is -0.141. The minimum Gasteiger partial charge on any atom is -0.480 e. The maximum Gasteiger partial charge on any atom is 0.346 e. The fourth-order valence-electron chi connectivity index (χ4n) is 3.65. The molecule has 1 atom stereocenters. The van der Waals surface area contributed by atoms with E-state index in [4.69, 9.17) is 0 Å². The van der Waals surface area contributed by atoms with E-state index in [1.54, 1.807) is 12.1 Å². The third-order valence-electron chi connectivity index (χ3n) is 5.18. The number of carbonyl (C=O) groups is 1. The minimum atomic E-state index is -0.989. The van der Waals surface area contributed by atoms with Crippen LogP contribution in [0.1, 0.15) is 43.1 Å². The van der Waals surface area contributed by atoms with Gasteiger partial charge in [0.1, 0.15) is 17.7 Å². The molecule has 0 radical (unpaired) electrons. The highest BCUT2D eigenvalue weighted by Gasteiger charge is 2.45. The van der Waals surface area contributed by atoms with E-state index in [9.17, 15) is 19.1 Å². The first-order valence-electron chi connectivity index (χ1n) is 8.17. The topological polar surface area (TPSA) is 77.1 Å². The zero-order valence-electron chi connectivity index (χ0n) is 13.1. The van der Waals surface area contributed by atoms with Crippen LogP contribution in [0.4, 0.5) is 4.39 Å². The van der Waals surface area contributed by atoms with Crippen molar-refractivity contribution in [3.63, 3.8) is 0 Å². The third-order valence-corrected chi connectivity index (χ3v) is 5.18. The van der Waals surface area contributed by atoms with Gasteiger partial charge >= 0.3 is 11.7 Å². The Morgan fingerprint density at radius 2 is 2.04 bits per heavy atom. The Hall–Kier alpha value is -2.44. The summed E-state index contributed by atoms with van der Waals surface area (Å²) < 4.78 is 15.9. The number of hydrogen-bond donors (Lipinski definition) is 1. The summed E-state index contributed by atoms with van der Waals surface area (Å²) >= 11 is 0. The molecule has 0 bridgehead atoms. The summed E-state index contributed by atoms with van der Waals surface area (Å²) in [4.78, 5) is 24.1. The SMILES string of the molecule is O=C(O)C1CCCc2nn(CC3(c4ccc(F)cc4)CC3)c(=O)n21. The van der Waals surface area contributed by atoms with Gasteiger partial charge in [-0.15, -0.1) is 0 Å². The molecule has 0 saturated heterocycles. The largest absolute Gasteiger partial charge is 0.480 e. The minimum absolute atomic E-state index is 0.194. The van der Waals surface area contributed by atoms with Gasteiger partial charge in [-0.3, -0.25) is 4.57 Å². The van der Waals surface area contributed by atoms with E-state index < -0.39 is 12.0 Å². The smallest absolute Gasteiger partial charge is 0.346 e. The standard InChI is InChI=1S/C17H18FN3O3/c18-12-6-4-11(5-7-12)17(8-9-17)10-20-16(24)21-13(15(22)23)2-1-3-14(21)19-20/h4-7,13H,1-3,8-10H2,(H,22,23). The van der Waals surface area contributed by atoms with Gasteiger partial charge in [-0.25, -0.2) is 18.7 Å². The molecule has 2 aromatic rings. The summed E-state index contributed by atoms with van der Waals surface area (Å²) in [7, 11) is 0. The number of aryl methyl sites for hydroxylation is 1. The van der Waals surface area contributed by atoms with Crippen molar-refractivity contribution in [2.45, 2.75) is 50.1 Å². The molecule has 2 heterocycles. The van der Waals surface area contributed by atoms with E-state index in [-0.39, 0.29) is 16.9 Å². The van der Waals surface area contributed by atoms with Gasteiger partial charge in [-0.2, -0.15) is 5.10 Å². The zero-order chi connectivity index (χ0) is 16.9. The number of hydrogen-bond acceptors (Lipinski definition) is 3. The molecule has 7 heteroatoms. The number of aromatic nitrogens is 3. The summed E-state index contributed by atoms with van der Waals surface area (Å²) in [6.45, 7) is 0.407. The number of carboxylic acid groups (broad SMARTS) is 1. The number of rotatable bonds is 4. The van der Waals surface area contributed by atoms with Crippen molar-refractivity contribution in [1.29, 1.82) is 0 Å². The van der Waals surface area contributed by atoms with Crippen molar-refractivity contribution in [3.8, 4) is 0 Å². The lowest BCUT2D eigenvalue weighted by Crippen LogP contribution is -2.35. The quantitative estimate of drug-likeness (QED) is 0.928. The van der Waals surface area contributed by atoms with Crippen molar-refractivity contribution in [2.75, 3.05) is 0 Å². The number of benzene rings is 1. The van der Waals surface area contributed by atoms with Gasteiger partial charge in [0.05, 0.1) is 6.54 Å². The first-order valence-corrected chi connectivity index (χ1v) is 8.17. The Morgan fingerprint density at radius 1 is 1.33 bits per heavy atom. The van der Waals surface area contributed by atoms with E-state index in [2.05, 4.69) is 5.10 Å². The van der Waals surface area contributed by atoms with Crippen LogP contribution >= 0.6 is 0 Å². The van der Waals surface area contributed by atoms with Crippen molar-refractivity contribution in [1.82, 2.24) is 14.3 Å². The van der Waals surface area contributed by atoms with Gasteiger partial charge in [-0.1, -0.05) is 12.1 Å². The highest BCUT2D eigenvalue weighted by atomic mass is 19.1. The molecule has 0 spiro atoms. The molecule has 4 rings (SSSR count). The molecule has 0 amide bonds. The third kappa shape index (κ3) is 2.35. The molecule has 1 aliphatic carbocycles. The molecular formula is C17H18FN3O3. The molecule has 1 fully saturated rings. The van der Waals surface area contributed by atoms with Crippen LogP contribution in [0.2, 0.25) is 0 Å². The van der Waals surface area contributed by atoms with Gasteiger partial charge in [0, 0.05) is 11.8 Å². The van der Waals surface area contributed by atoms with E-state index in [1.165, 1.54) is 21.4 Å². The molecule has 1 aromatic carbocycles. The second-order valence-electron chi connectivity index (χ2n) is 6.76. The molecule has 2 aliphatic rings. The van der Waals surface area contributed by atoms with Crippen molar-refractivity contribution >= 4 is 5.97 Å². The fourth-order valence-corrected chi connectivity index (χ4v) is 3.65. The van der Waals surface area contributed by atoms with Crippen LogP contribution in [-0.2, 0) is 23.2 Å². The Labute approximate surface area is 137 Å². The monoisotopic (exact) mass is 331 g/mol. The average molecular weight is 331 g/mol. The van der Waals surface area contributed by atoms with Crippen LogP contribution in [0.3, 0.4) is 0 Å². The lowest BCUT2D eigenvalue weighted by atomic mass is 9.96. The number of fused-ring (bicyclic) bond motifs is 1. The normalized spacial score (nSPS) is 21.3. The highest BCUT2D eigenvalue weighted by molar-refractivity contribution is 5.72. The second kappa shape index (κ2) is 5.29. The molecule has 1 aliphatic heterocycles. The number of nitrogens with zero attached hydrogens (tertiary/aromatic N) is 3. The Kier molecular flexibility index (Phi) is 3.33. The van der Waals surface area contributed by atoms with E-state index in [0.29, 0.717) is 25.2 Å².